The van der Waals surface area contributed by atoms with Crippen LogP contribution >= 0.6 is 11.6 Å². The topological polar surface area (TPSA) is 54.5 Å². The molecule has 1 fully saturated rings. The Labute approximate surface area is 146 Å². The Kier molecular flexibility index (Phi) is 5.67. The van der Waals surface area contributed by atoms with Crippen molar-refractivity contribution in [3.63, 3.8) is 0 Å². The van der Waals surface area contributed by atoms with E-state index in [9.17, 15) is 4.79 Å². The summed E-state index contributed by atoms with van der Waals surface area (Å²) in [7, 11) is 0. The van der Waals surface area contributed by atoms with E-state index >= 15 is 0 Å². The number of halogens is 1. The fraction of sp³-hybridized carbons (Fsp3) is 0.333. The second-order valence-corrected chi connectivity index (χ2v) is 6.25. The summed E-state index contributed by atoms with van der Waals surface area (Å²) in [5, 5.41) is 3.55. The Morgan fingerprint density at radius 3 is 2.83 bits per heavy atom. The van der Waals surface area contributed by atoms with Gasteiger partial charge in [-0.1, -0.05) is 17.7 Å². The van der Waals surface area contributed by atoms with Crippen LogP contribution in [0, 0.1) is 0 Å². The first-order valence-corrected chi connectivity index (χ1v) is 8.40. The number of ether oxygens (including phenoxy) is 1. The third kappa shape index (κ3) is 4.69. The molecule has 5 nitrogen and oxygen atoms in total. The molecule has 0 radical (unpaired) electrons. The molecule has 2 amide bonds. The first-order chi connectivity index (χ1) is 11.7. The molecule has 1 N–H and O–H groups in total. The van der Waals surface area contributed by atoms with Gasteiger partial charge in [0.1, 0.15) is 0 Å². The van der Waals surface area contributed by atoms with Crippen molar-refractivity contribution in [2.45, 2.75) is 25.5 Å². The summed E-state index contributed by atoms with van der Waals surface area (Å²) >= 11 is 5.88. The van der Waals surface area contributed by atoms with Gasteiger partial charge >= 0.3 is 6.03 Å². The molecule has 3 rings (SSSR count). The number of aromatic nitrogens is 1. The lowest BCUT2D eigenvalue weighted by Gasteiger charge is -2.25. The summed E-state index contributed by atoms with van der Waals surface area (Å²) in [6.45, 7) is 1.83. The zero-order valence-electron chi connectivity index (χ0n) is 13.3. The number of nitrogens with one attached hydrogen (secondary N) is 1. The van der Waals surface area contributed by atoms with E-state index in [0.29, 0.717) is 23.8 Å². The Balaban J connectivity index is 1.69. The fourth-order valence-corrected chi connectivity index (χ4v) is 2.83. The largest absolute Gasteiger partial charge is 0.376 e. The van der Waals surface area contributed by atoms with Gasteiger partial charge in [0.15, 0.2) is 0 Å². The Morgan fingerprint density at radius 2 is 2.17 bits per heavy atom. The minimum atomic E-state index is -0.156. The Bertz CT molecular complexity index is 658. The highest BCUT2D eigenvalue weighted by Crippen LogP contribution is 2.17. The van der Waals surface area contributed by atoms with Crippen molar-refractivity contribution in [2.75, 3.05) is 18.5 Å². The molecule has 1 aromatic heterocycles. The second-order valence-electron chi connectivity index (χ2n) is 5.81. The van der Waals surface area contributed by atoms with Gasteiger partial charge in [-0.2, -0.15) is 0 Å². The fourth-order valence-electron chi connectivity index (χ4n) is 2.70. The molecule has 2 heterocycles. The highest BCUT2D eigenvalue weighted by atomic mass is 35.5. The predicted molar refractivity (Wildman–Crippen MR) is 94.1 cm³/mol. The summed E-state index contributed by atoms with van der Waals surface area (Å²) < 4.78 is 5.68. The number of pyridine rings is 1. The van der Waals surface area contributed by atoms with Crippen molar-refractivity contribution >= 4 is 23.3 Å². The van der Waals surface area contributed by atoms with Gasteiger partial charge in [-0.25, -0.2) is 4.79 Å². The smallest absolute Gasteiger partial charge is 0.322 e. The first kappa shape index (κ1) is 16.7. The van der Waals surface area contributed by atoms with Crippen molar-refractivity contribution in [1.82, 2.24) is 9.88 Å². The number of urea groups is 1. The lowest BCUT2D eigenvalue weighted by Crippen LogP contribution is -2.39. The third-order valence-corrected chi connectivity index (χ3v) is 4.18. The summed E-state index contributed by atoms with van der Waals surface area (Å²) in [6.07, 6.45) is 5.62. The summed E-state index contributed by atoms with van der Waals surface area (Å²) in [5.41, 5.74) is 1.70. The van der Waals surface area contributed by atoms with E-state index in [4.69, 9.17) is 16.3 Å². The van der Waals surface area contributed by atoms with Crippen molar-refractivity contribution in [1.29, 1.82) is 0 Å². The van der Waals surface area contributed by atoms with Gasteiger partial charge in [0.2, 0.25) is 0 Å². The molecule has 1 saturated heterocycles. The minimum absolute atomic E-state index is 0.0950. The van der Waals surface area contributed by atoms with Crippen molar-refractivity contribution in [3.05, 3.63) is 59.4 Å². The number of carbonyl (C=O) groups excluding carboxylic acids is 1. The SMILES string of the molecule is O=C(Nc1ccc(Cl)cc1)N(Cc1cccnc1)C[C@@H]1CCCO1. The molecule has 0 bridgehead atoms. The number of nitrogens with zero attached hydrogens (tertiary/aromatic N) is 2. The van der Waals surface area contributed by atoms with Crippen LogP contribution in [-0.2, 0) is 11.3 Å². The monoisotopic (exact) mass is 345 g/mol. The quantitative estimate of drug-likeness (QED) is 0.892. The van der Waals surface area contributed by atoms with E-state index in [1.54, 1.807) is 41.6 Å². The van der Waals surface area contributed by atoms with Gasteiger partial charge in [0.05, 0.1) is 6.10 Å². The predicted octanol–water partition coefficient (Wildman–Crippen LogP) is 3.95. The maximum absolute atomic E-state index is 12.7. The molecule has 0 unspecified atom stereocenters. The van der Waals surface area contributed by atoms with E-state index < -0.39 is 0 Å². The van der Waals surface area contributed by atoms with Gasteiger partial charge in [-0.15, -0.1) is 0 Å². The van der Waals surface area contributed by atoms with Gasteiger partial charge in [-0.05, 0) is 48.7 Å². The van der Waals surface area contributed by atoms with E-state index in [1.165, 1.54) is 0 Å². The lowest BCUT2D eigenvalue weighted by atomic mass is 10.2. The molecule has 1 aliphatic rings. The van der Waals surface area contributed by atoms with E-state index in [-0.39, 0.29) is 12.1 Å². The Morgan fingerprint density at radius 1 is 1.33 bits per heavy atom. The molecule has 1 aliphatic heterocycles. The molecule has 0 spiro atoms. The maximum Gasteiger partial charge on any atom is 0.322 e. The van der Waals surface area contributed by atoms with Crippen LogP contribution in [0.3, 0.4) is 0 Å². The van der Waals surface area contributed by atoms with E-state index in [0.717, 1.165) is 25.0 Å². The number of hydrogen-bond donors (Lipinski definition) is 1. The average Bonchev–Trinajstić information content (AvgIpc) is 3.10. The second kappa shape index (κ2) is 8.13. The minimum Gasteiger partial charge on any atom is -0.376 e. The molecule has 0 saturated carbocycles. The van der Waals surface area contributed by atoms with Crippen molar-refractivity contribution < 1.29 is 9.53 Å². The van der Waals surface area contributed by atoms with Crippen molar-refractivity contribution in [3.8, 4) is 0 Å². The van der Waals surface area contributed by atoms with Crippen LogP contribution in [0.1, 0.15) is 18.4 Å². The average molecular weight is 346 g/mol. The van der Waals surface area contributed by atoms with Crippen LogP contribution in [0.5, 0.6) is 0 Å². The van der Waals surface area contributed by atoms with Gasteiger partial charge in [0, 0.05) is 42.8 Å². The molecule has 6 heteroatoms. The zero-order chi connectivity index (χ0) is 16.8. The van der Waals surface area contributed by atoms with Crippen LogP contribution in [-0.4, -0.2) is 35.2 Å². The van der Waals surface area contributed by atoms with Gasteiger partial charge in [0.25, 0.3) is 0 Å². The molecule has 2 aromatic rings. The summed E-state index contributed by atoms with van der Waals surface area (Å²) in [4.78, 5) is 18.6. The Hall–Kier alpha value is -2.11. The molecular weight excluding hydrogens is 326 g/mol. The number of anilines is 1. The van der Waals surface area contributed by atoms with Gasteiger partial charge < -0.3 is 15.0 Å². The zero-order valence-corrected chi connectivity index (χ0v) is 14.1. The first-order valence-electron chi connectivity index (χ1n) is 8.03. The van der Waals surface area contributed by atoms with Crippen LogP contribution in [0.15, 0.2) is 48.8 Å². The molecule has 0 aliphatic carbocycles. The molecule has 1 atom stereocenters. The maximum atomic E-state index is 12.7. The number of hydrogen-bond acceptors (Lipinski definition) is 3. The normalized spacial score (nSPS) is 16.8. The number of benzene rings is 1. The highest BCUT2D eigenvalue weighted by molar-refractivity contribution is 6.30. The molecule has 24 heavy (non-hydrogen) atoms. The van der Waals surface area contributed by atoms with Crippen LogP contribution < -0.4 is 5.32 Å². The number of amides is 2. The van der Waals surface area contributed by atoms with E-state index in [1.807, 2.05) is 12.1 Å². The van der Waals surface area contributed by atoms with E-state index in [2.05, 4.69) is 10.3 Å². The van der Waals surface area contributed by atoms with Crippen LogP contribution in [0.25, 0.3) is 0 Å². The number of rotatable bonds is 5. The number of carbonyl (C=O) groups is 1. The lowest BCUT2D eigenvalue weighted by molar-refractivity contribution is 0.0819. The van der Waals surface area contributed by atoms with Crippen molar-refractivity contribution in [2.24, 2.45) is 0 Å². The summed E-state index contributed by atoms with van der Waals surface area (Å²) in [5.74, 6) is 0. The molecule has 1 aromatic carbocycles. The summed E-state index contributed by atoms with van der Waals surface area (Å²) in [6, 6.07) is 10.8. The standard InChI is InChI=1S/C18H20ClN3O2/c19-15-5-7-16(8-6-15)21-18(23)22(13-17-4-2-10-24-17)12-14-3-1-9-20-11-14/h1,3,5-9,11,17H,2,4,10,12-13H2,(H,21,23)/t17-/m0/s1. The highest BCUT2D eigenvalue weighted by Gasteiger charge is 2.23. The third-order valence-electron chi connectivity index (χ3n) is 3.93. The van der Waals surface area contributed by atoms with Gasteiger partial charge in [-0.3, -0.25) is 4.98 Å². The van der Waals surface area contributed by atoms with Crippen LogP contribution in [0.2, 0.25) is 5.02 Å². The molecular formula is C18H20ClN3O2. The molecule has 126 valence electrons. The van der Waals surface area contributed by atoms with Crippen LogP contribution in [0.4, 0.5) is 10.5 Å².